The van der Waals surface area contributed by atoms with Crippen molar-refractivity contribution in [2.45, 2.75) is 84.8 Å². The molecule has 0 amide bonds. The molecular weight excluding hydrogens is 340 g/mol. The number of rotatable bonds is 2. The van der Waals surface area contributed by atoms with Crippen LogP contribution in [-0.2, 0) is 14.3 Å². The lowest BCUT2D eigenvalue weighted by Gasteiger charge is -2.58. The number of carbonyl (C=O) groups is 2. The molecule has 4 nitrogen and oxygen atoms in total. The molecule has 0 heterocycles. The number of aliphatic hydroxyl groups is 1. The van der Waals surface area contributed by atoms with Crippen LogP contribution in [0.25, 0.3) is 0 Å². The maximum atomic E-state index is 12.3. The number of carbonyl (C=O) groups excluding carboxylic acids is 2. The highest BCUT2D eigenvalue weighted by Gasteiger charge is 2.60. The molecule has 0 aromatic carbocycles. The van der Waals surface area contributed by atoms with Gasteiger partial charge in [0.2, 0.25) is 0 Å². The van der Waals surface area contributed by atoms with Gasteiger partial charge in [0.1, 0.15) is 11.9 Å². The van der Waals surface area contributed by atoms with E-state index < -0.39 is 12.2 Å². The first-order valence-electron chi connectivity index (χ1n) is 10.7. The monoisotopic (exact) mass is 374 g/mol. The van der Waals surface area contributed by atoms with Gasteiger partial charge in [0.25, 0.3) is 0 Å². The van der Waals surface area contributed by atoms with E-state index in [9.17, 15) is 14.7 Å². The Bertz CT molecular complexity index is 682. The Labute approximate surface area is 162 Å². The summed E-state index contributed by atoms with van der Waals surface area (Å²) in [5, 5.41) is 10.5. The summed E-state index contributed by atoms with van der Waals surface area (Å²) in [6.07, 6.45) is 8.27. The summed E-state index contributed by atoms with van der Waals surface area (Å²) in [6.45, 7) is 7.90. The summed E-state index contributed by atoms with van der Waals surface area (Å²) in [6, 6.07) is 0. The van der Waals surface area contributed by atoms with Gasteiger partial charge in [-0.15, -0.1) is 0 Å². The van der Waals surface area contributed by atoms with Gasteiger partial charge in [-0.3, -0.25) is 9.59 Å². The van der Waals surface area contributed by atoms with Crippen LogP contribution in [0.1, 0.15) is 72.6 Å². The first-order chi connectivity index (χ1) is 12.7. The van der Waals surface area contributed by atoms with Crippen molar-refractivity contribution in [1.82, 2.24) is 0 Å². The molecule has 4 aliphatic rings. The fraction of sp³-hybridized carbons (Fsp3) is 0.826. The Hall–Kier alpha value is -1.16. The van der Waals surface area contributed by atoms with Gasteiger partial charge in [0.15, 0.2) is 0 Å². The molecule has 8 atom stereocenters. The summed E-state index contributed by atoms with van der Waals surface area (Å²) in [5.41, 5.74) is 1.51. The minimum Gasteiger partial charge on any atom is -0.460 e. The molecule has 3 fully saturated rings. The van der Waals surface area contributed by atoms with Crippen LogP contribution in [0.5, 0.6) is 0 Å². The van der Waals surface area contributed by atoms with Gasteiger partial charge in [-0.1, -0.05) is 25.5 Å². The van der Waals surface area contributed by atoms with Crippen LogP contribution in [0.15, 0.2) is 11.6 Å². The van der Waals surface area contributed by atoms with Crippen LogP contribution in [0.3, 0.4) is 0 Å². The first kappa shape index (κ1) is 19.2. The zero-order valence-electron chi connectivity index (χ0n) is 17.2. The van der Waals surface area contributed by atoms with Crippen LogP contribution in [0, 0.1) is 34.5 Å². The number of ketones is 1. The van der Waals surface area contributed by atoms with E-state index in [2.05, 4.69) is 19.9 Å². The highest BCUT2D eigenvalue weighted by atomic mass is 16.6. The molecule has 0 aromatic heterocycles. The summed E-state index contributed by atoms with van der Waals surface area (Å²) < 4.78 is 5.49. The molecule has 0 aromatic rings. The van der Waals surface area contributed by atoms with E-state index in [1.54, 1.807) is 6.92 Å². The largest absolute Gasteiger partial charge is 0.460 e. The standard InChI is InChI=1S/C23H34O4/c1-13(24)17-7-8-18-16-6-5-15-11-20(26)21(27-14(2)25)12-23(15,4)19(16)9-10-22(17,18)3/h5,16-21,26H,6-12H2,1-4H3. The second-order valence-electron chi connectivity index (χ2n) is 10.2. The fourth-order valence-electron chi connectivity index (χ4n) is 7.67. The zero-order chi connectivity index (χ0) is 19.6. The van der Waals surface area contributed by atoms with Crippen molar-refractivity contribution in [3.63, 3.8) is 0 Å². The lowest BCUT2D eigenvalue weighted by Crippen LogP contribution is -2.53. The van der Waals surface area contributed by atoms with Crippen LogP contribution in [-0.4, -0.2) is 29.1 Å². The second-order valence-corrected chi connectivity index (χ2v) is 10.2. The van der Waals surface area contributed by atoms with Gasteiger partial charge in [0, 0.05) is 12.8 Å². The maximum Gasteiger partial charge on any atom is 0.302 e. The average Bonchev–Trinajstić information content (AvgIpc) is 2.93. The molecule has 0 bridgehead atoms. The Morgan fingerprint density at radius 1 is 1.15 bits per heavy atom. The molecule has 150 valence electrons. The van der Waals surface area contributed by atoms with Crippen LogP contribution < -0.4 is 0 Å². The Kier molecular flexibility index (Phi) is 4.57. The summed E-state index contributed by atoms with van der Waals surface area (Å²) in [5.74, 6) is 2.07. The Morgan fingerprint density at radius 3 is 2.56 bits per heavy atom. The number of ether oxygens (including phenoxy) is 1. The minimum atomic E-state index is -0.591. The van der Waals surface area contributed by atoms with E-state index in [-0.39, 0.29) is 22.7 Å². The SMILES string of the molecule is CC(=O)OC1CC2(C)C(=CCC3C2CCC2(C)C(C(C)=O)CCC32)CC1O. The quantitative estimate of drug-likeness (QED) is 0.585. The van der Waals surface area contributed by atoms with Gasteiger partial charge >= 0.3 is 5.97 Å². The molecule has 27 heavy (non-hydrogen) atoms. The van der Waals surface area contributed by atoms with Crippen LogP contribution in [0.2, 0.25) is 0 Å². The molecule has 4 aliphatic carbocycles. The molecule has 0 radical (unpaired) electrons. The van der Waals surface area contributed by atoms with Gasteiger partial charge in [-0.25, -0.2) is 0 Å². The third kappa shape index (κ3) is 2.82. The minimum absolute atomic E-state index is 0.00208. The normalized spacial score (nSPS) is 48.7. The van der Waals surface area contributed by atoms with E-state index >= 15 is 0 Å². The van der Waals surface area contributed by atoms with Crippen LogP contribution in [0.4, 0.5) is 0 Å². The molecule has 0 aliphatic heterocycles. The van der Waals surface area contributed by atoms with Gasteiger partial charge in [0.05, 0.1) is 6.10 Å². The number of Topliss-reactive ketones (excluding diaryl/α,β-unsaturated/α-hetero) is 1. The molecule has 4 heteroatoms. The van der Waals surface area contributed by atoms with Crippen molar-refractivity contribution in [1.29, 1.82) is 0 Å². The van der Waals surface area contributed by atoms with Gasteiger partial charge < -0.3 is 9.84 Å². The maximum absolute atomic E-state index is 12.3. The number of hydrogen-bond acceptors (Lipinski definition) is 4. The summed E-state index contributed by atoms with van der Waals surface area (Å²) in [4.78, 5) is 23.8. The van der Waals surface area contributed by atoms with E-state index in [0.717, 1.165) is 38.5 Å². The molecular formula is C23H34O4. The highest BCUT2D eigenvalue weighted by Crippen LogP contribution is 2.66. The van der Waals surface area contributed by atoms with E-state index in [1.165, 1.54) is 12.5 Å². The van der Waals surface area contributed by atoms with E-state index in [0.29, 0.717) is 30.0 Å². The lowest BCUT2D eigenvalue weighted by molar-refractivity contribution is -0.160. The van der Waals surface area contributed by atoms with Crippen molar-refractivity contribution in [3.8, 4) is 0 Å². The number of hydrogen-bond donors (Lipinski definition) is 1. The molecule has 4 rings (SSSR count). The first-order valence-corrected chi connectivity index (χ1v) is 10.7. The predicted molar refractivity (Wildman–Crippen MR) is 103 cm³/mol. The molecule has 1 N–H and O–H groups in total. The van der Waals surface area contributed by atoms with Gasteiger partial charge in [-0.2, -0.15) is 0 Å². The number of aliphatic hydroxyl groups excluding tert-OH is 1. The third-order valence-corrected chi connectivity index (χ3v) is 8.92. The van der Waals surface area contributed by atoms with Crippen molar-refractivity contribution < 1.29 is 19.4 Å². The third-order valence-electron chi connectivity index (χ3n) is 8.92. The molecule has 8 unspecified atom stereocenters. The number of esters is 1. The average molecular weight is 375 g/mol. The smallest absolute Gasteiger partial charge is 0.302 e. The van der Waals surface area contributed by atoms with Crippen molar-refractivity contribution in [2.24, 2.45) is 34.5 Å². The predicted octanol–water partition coefficient (Wildman–Crippen LogP) is 4.06. The fourth-order valence-corrected chi connectivity index (χ4v) is 7.67. The Balaban J connectivity index is 1.63. The van der Waals surface area contributed by atoms with E-state index in [4.69, 9.17) is 4.74 Å². The van der Waals surface area contributed by atoms with E-state index in [1.807, 2.05) is 0 Å². The molecule has 0 saturated heterocycles. The summed E-state index contributed by atoms with van der Waals surface area (Å²) >= 11 is 0. The van der Waals surface area contributed by atoms with Crippen LogP contribution >= 0.6 is 0 Å². The topological polar surface area (TPSA) is 63.6 Å². The highest BCUT2D eigenvalue weighted by molar-refractivity contribution is 5.79. The zero-order valence-corrected chi connectivity index (χ0v) is 17.2. The van der Waals surface area contributed by atoms with Gasteiger partial charge in [-0.05, 0) is 80.5 Å². The van der Waals surface area contributed by atoms with Crippen molar-refractivity contribution >= 4 is 11.8 Å². The van der Waals surface area contributed by atoms with Crippen molar-refractivity contribution in [3.05, 3.63) is 11.6 Å². The molecule has 0 spiro atoms. The Morgan fingerprint density at radius 2 is 1.89 bits per heavy atom. The second kappa shape index (κ2) is 6.43. The number of fused-ring (bicyclic) bond motifs is 5. The van der Waals surface area contributed by atoms with Crippen molar-refractivity contribution in [2.75, 3.05) is 0 Å². The summed E-state index contributed by atoms with van der Waals surface area (Å²) in [7, 11) is 0. The molecule has 3 saturated carbocycles. The number of allylic oxidation sites excluding steroid dienone is 1. The lowest BCUT2D eigenvalue weighted by atomic mass is 9.47.